The maximum absolute atomic E-state index is 11.9. The largest absolute Gasteiger partial charge is 0.454 e. The first-order chi connectivity index (χ1) is 12.0. The number of rotatable bonds is 6. The van der Waals surface area contributed by atoms with E-state index in [0.717, 1.165) is 0 Å². The van der Waals surface area contributed by atoms with Crippen LogP contribution >= 0.6 is 23.2 Å². The van der Waals surface area contributed by atoms with Gasteiger partial charge in [0, 0.05) is 11.3 Å². The van der Waals surface area contributed by atoms with Crippen molar-refractivity contribution >= 4 is 46.7 Å². The first-order valence-corrected chi connectivity index (χ1v) is 7.95. The first-order valence-electron chi connectivity index (χ1n) is 7.19. The maximum Gasteiger partial charge on any atom is 0.325 e. The molecule has 8 heteroatoms. The number of amides is 2. The lowest BCUT2D eigenvalue weighted by Crippen LogP contribution is -2.32. The van der Waals surface area contributed by atoms with Crippen LogP contribution in [0.5, 0.6) is 0 Å². The molecule has 0 heterocycles. The van der Waals surface area contributed by atoms with Crippen molar-refractivity contribution in [3.8, 4) is 0 Å². The minimum absolute atomic E-state index is 0.231. The van der Waals surface area contributed by atoms with E-state index in [0.29, 0.717) is 10.7 Å². The summed E-state index contributed by atoms with van der Waals surface area (Å²) in [6.07, 6.45) is 0. The molecule has 0 bridgehead atoms. The third-order valence-electron chi connectivity index (χ3n) is 3.00. The lowest BCUT2D eigenvalue weighted by Gasteiger charge is -2.08. The zero-order valence-corrected chi connectivity index (χ0v) is 14.4. The fraction of sp³-hybridized carbons (Fsp3) is 0.118. The van der Waals surface area contributed by atoms with E-state index < -0.39 is 24.4 Å². The fourth-order valence-electron chi connectivity index (χ4n) is 1.81. The van der Waals surface area contributed by atoms with Crippen LogP contribution in [0.1, 0.15) is 10.4 Å². The van der Waals surface area contributed by atoms with Gasteiger partial charge in [0.1, 0.15) is 6.54 Å². The number of anilines is 1. The molecule has 0 aromatic heterocycles. The van der Waals surface area contributed by atoms with Crippen molar-refractivity contribution in [1.82, 2.24) is 5.32 Å². The van der Waals surface area contributed by atoms with Crippen molar-refractivity contribution in [3.63, 3.8) is 0 Å². The zero-order chi connectivity index (χ0) is 18.2. The molecule has 130 valence electrons. The highest BCUT2D eigenvalue weighted by molar-refractivity contribution is 6.42. The first kappa shape index (κ1) is 18.8. The van der Waals surface area contributed by atoms with Crippen LogP contribution in [0, 0.1) is 0 Å². The number of halogens is 2. The van der Waals surface area contributed by atoms with Gasteiger partial charge in [-0.15, -0.1) is 0 Å². The molecule has 25 heavy (non-hydrogen) atoms. The van der Waals surface area contributed by atoms with E-state index in [-0.39, 0.29) is 17.1 Å². The van der Waals surface area contributed by atoms with E-state index in [2.05, 4.69) is 10.6 Å². The van der Waals surface area contributed by atoms with Crippen LogP contribution in [-0.4, -0.2) is 30.9 Å². The quantitative estimate of drug-likeness (QED) is 0.754. The van der Waals surface area contributed by atoms with Gasteiger partial charge in [0.25, 0.3) is 11.8 Å². The molecule has 0 spiro atoms. The second-order valence-corrected chi connectivity index (χ2v) is 5.70. The van der Waals surface area contributed by atoms with Crippen LogP contribution in [0.15, 0.2) is 48.5 Å². The van der Waals surface area contributed by atoms with Gasteiger partial charge in [-0.25, -0.2) is 0 Å². The van der Waals surface area contributed by atoms with Crippen LogP contribution in [0.25, 0.3) is 0 Å². The van der Waals surface area contributed by atoms with Crippen LogP contribution < -0.4 is 10.6 Å². The number of carbonyl (C=O) groups is 3. The molecule has 2 aromatic carbocycles. The third kappa shape index (κ3) is 6.10. The molecule has 0 saturated heterocycles. The Morgan fingerprint density at radius 2 is 1.68 bits per heavy atom. The van der Waals surface area contributed by atoms with Crippen molar-refractivity contribution in [3.05, 3.63) is 64.1 Å². The van der Waals surface area contributed by atoms with Crippen molar-refractivity contribution < 1.29 is 19.1 Å². The average Bonchev–Trinajstić information content (AvgIpc) is 2.61. The van der Waals surface area contributed by atoms with Crippen LogP contribution in [0.2, 0.25) is 10.0 Å². The summed E-state index contributed by atoms with van der Waals surface area (Å²) in [4.78, 5) is 35.1. The van der Waals surface area contributed by atoms with Gasteiger partial charge in [-0.2, -0.15) is 0 Å². The number of para-hydroxylation sites is 1. The molecule has 2 rings (SSSR count). The monoisotopic (exact) mass is 380 g/mol. The van der Waals surface area contributed by atoms with E-state index in [1.165, 1.54) is 18.2 Å². The van der Waals surface area contributed by atoms with Gasteiger partial charge < -0.3 is 15.4 Å². The number of ether oxygens (including phenoxy) is 1. The lowest BCUT2D eigenvalue weighted by molar-refractivity contribution is -0.146. The standard InChI is InChI=1S/C17H14Cl2N2O4/c18-13-7-6-11(8-14(13)19)17(24)20-9-16(23)25-10-15(22)21-12-4-2-1-3-5-12/h1-8H,9-10H2,(H,20,24)(H,21,22). The van der Waals surface area contributed by atoms with Crippen LogP contribution in [0.3, 0.4) is 0 Å². The van der Waals surface area contributed by atoms with Crippen molar-refractivity contribution in [2.24, 2.45) is 0 Å². The number of carbonyl (C=O) groups excluding carboxylic acids is 3. The molecule has 0 aliphatic rings. The SMILES string of the molecule is O=C(COC(=O)CNC(=O)c1ccc(Cl)c(Cl)c1)Nc1ccccc1. The maximum atomic E-state index is 11.9. The van der Waals surface area contributed by atoms with Crippen molar-refractivity contribution in [2.75, 3.05) is 18.5 Å². The van der Waals surface area contributed by atoms with Gasteiger partial charge in [-0.3, -0.25) is 14.4 Å². The molecule has 0 fully saturated rings. The van der Waals surface area contributed by atoms with Crippen molar-refractivity contribution in [1.29, 1.82) is 0 Å². The third-order valence-corrected chi connectivity index (χ3v) is 3.74. The van der Waals surface area contributed by atoms with Gasteiger partial charge in [0.15, 0.2) is 6.61 Å². The van der Waals surface area contributed by atoms with E-state index >= 15 is 0 Å². The van der Waals surface area contributed by atoms with Gasteiger partial charge in [-0.1, -0.05) is 41.4 Å². The van der Waals surface area contributed by atoms with Gasteiger partial charge in [0.05, 0.1) is 10.0 Å². The molecule has 2 aromatic rings. The molecule has 0 aliphatic carbocycles. The fourth-order valence-corrected chi connectivity index (χ4v) is 2.11. The normalized spacial score (nSPS) is 10.0. The lowest BCUT2D eigenvalue weighted by atomic mass is 10.2. The molecule has 0 radical (unpaired) electrons. The number of hydrogen-bond acceptors (Lipinski definition) is 4. The summed E-state index contributed by atoms with van der Waals surface area (Å²) in [5.74, 6) is -1.73. The minimum atomic E-state index is -0.739. The Balaban J connectivity index is 1.74. The molecule has 2 amide bonds. The Morgan fingerprint density at radius 1 is 0.960 bits per heavy atom. The van der Waals surface area contributed by atoms with E-state index in [4.69, 9.17) is 27.9 Å². The van der Waals surface area contributed by atoms with E-state index in [1.54, 1.807) is 24.3 Å². The summed E-state index contributed by atoms with van der Waals surface area (Å²) in [5, 5.41) is 5.49. The predicted molar refractivity (Wildman–Crippen MR) is 94.8 cm³/mol. The average molecular weight is 381 g/mol. The van der Waals surface area contributed by atoms with Crippen LogP contribution in [0.4, 0.5) is 5.69 Å². The van der Waals surface area contributed by atoms with Gasteiger partial charge in [-0.05, 0) is 30.3 Å². The number of nitrogens with one attached hydrogen (secondary N) is 2. The Hall–Kier alpha value is -2.57. The summed E-state index contributed by atoms with van der Waals surface area (Å²) in [5.41, 5.74) is 0.848. The van der Waals surface area contributed by atoms with E-state index in [9.17, 15) is 14.4 Å². The predicted octanol–water partition coefficient (Wildman–Crippen LogP) is 2.91. The van der Waals surface area contributed by atoms with E-state index in [1.807, 2.05) is 6.07 Å². The molecule has 0 unspecified atom stereocenters. The molecule has 6 nitrogen and oxygen atoms in total. The van der Waals surface area contributed by atoms with Crippen molar-refractivity contribution in [2.45, 2.75) is 0 Å². The second-order valence-electron chi connectivity index (χ2n) is 4.89. The molecule has 0 aliphatic heterocycles. The summed E-state index contributed by atoms with van der Waals surface area (Å²) in [7, 11) is 0. The molecular formula is C17H14Cl2N2O4. The van der Waals surface area contributed by atoms with Gasteiger partial charge >= 0.3 is 5.97 Å². The Bertz CT molecular complexity index is 781. The van der Waals surface area contributed by atoms with Crippen LogP contribution in [-0.2, 0) is 14.3 Å². The summed E-state index contributed by atoms with van der Waals surface area (Å²) in [6, 6.07) is 13.1. The van der Waals surface area contributed by atoms with Gasteiger partial charge in [0.2, 0.25) is 0 Å². The zero-order valence-electron chi connectivity index (χ0n) is 12.9. The topological polar surface area (TPSA) is 84.5 Å². The Labute approximate surface area is 154 Å². The highest BCUT2D eigenvalue weighted by atomic mass is 35.5. The molecular weight excluding hydrogens is 367 g/mol. The second kappa shape index (κ2) is 9.05. The summed E-state index contributed by atoms with van der Waals surface area (Å²) < 4.78 is 4.79. The minimum Gasteiger partial charge on any atom is -0.454 e. The smallest absolute Gasteiger partial charge is 0.325 e. The summed E-state index contributed by atoms with van der Waals surface area (Å²) >= 11 is 11.6. The Morgan fingerprint density at radius 3 is 2.36 bits per heavy atom. The number of hydrogen-bond donors (Lipinski definition) is 2. The highest BCUT2D eigenvalue weighted by Gasteiger charge is 2.12. The number of benzene rings is 2. The molecule has 2 N–H and O–H groups in total. The molecule has 0 atom stereocenters. The Kier molecular flexibility index (Phi) is 6.80. The molecule has 0 saturated carbocycles. The number of esters is 1. The highest BCUT2D eigenvalue weighted by Crippen LogP contribution is 2.22. The summed E-state index contributed by atoms with van der Waals surface area (Å²) in [6.45, 7) is -0.825.